The van der Waals surface area contributed by atoms with Crippen molar-refractivity contribution in [1.82, 2.24) is 58.5 Å². The van der Waals surface area contributed by atoms with Crippen LogP contribution in [0, 0.1) is 23.7 Å². The molecule has 0 radical (unpaired) electrons. The average Bonchev–Trinajstić information content (AvgIpc) is 3.31. The van der Waals surface area contributed by atoms with Crippen LogP contribution in [0.5, 0.6) is 0 Å². The molecule has 19 N–H and O–H groups in total. The van der Waals surface area contributed by atoms with Crippen LogP contribution in [0.2, 0.25) is 0 Å². The number of ether oxygens (including phenoxy) is 1. The molecule has 0 bridgehead atoms. The molecule has 0 aliphatic carbocycles. The van der Waals surface area contributed by atoms with Gasteiger partial charge in [-0.2, -0.15) is 0 Å². The van der Waals surface area contributed by atoms with Gasteiger partial charge in [0.1, 0.15) is 60.5 Å². The van der Waals surface area contributed by atoms with E-state index in [4.69, 9.17) is 21.9 Å². The van der Waals surface area contributed by atoms with Crippen LogP contribution in [-0.2, 0) is 68.7 Å². The number of benzene rings is 1. The summed E-state index contributed by atoms with van der Waals surface area (Å²) < 4.78 is 5.66. The van der Waals surface area contributed by atoms with Crippen molar-refractivity contribution in [2.75, 3.05) is 26.8 Å². The minimum absolute atomic E-state index is 0.0617. The molecule has 1 heterocycles. The van der Waals surface area contributed by atoms with Gasteiger partial charge in [0.15, 0.2) is 5.96 Å². The highest BCUT2D eigenvalue weighted by Gasteiger charge is 2.40. The van der Waals surface area contributed by atoms with E-state index < -0.39 is 187 Å². The fourth-order valence-electron chi connectivity index (χ4n) is 9.32. The molecule has 0 spiro atoms. The van der Waals surface area contributed by atoms with Crippen molar-refractivity contribution < 1.29 is 72.5 Å². The van der Waals surface area contributed by atoms with Crippen LogP contribution >= 0.6 is 0 Å². The van der Waals surface area contributed by atoms with Crippen molar-refractivity contribution in [3.63, 3.8) is 0 Å². The summed E-state index contributed by atoms with van der Waals surface area (Å²) in [4.78, 5) is 169. The maximum Gasteiger partial charge on any atom is 0.308 e. The van der Waals surface area contributed by atoms with Gasteiger partial charge in [-0.15, -0.1) is 0 Å². The Balaban J connectivity index is 2.40. The second-order valence-electron chi connectivity index (χ2n) is 22.8. The van der Waals surface area contributed by atoms with Gasteiger partial charge in [0.05, 0.1) is 25.7 Å². The number of hydrogen-bond acceptors (Lipinski definition) is 17. The molecular formula is C59H99N15O15. The number of carbonyl (C=O) groups excluding carboxylic acids is 12. The summed E-state index contributed by atoms with van der Waals surface area (Å²) in [5, 5.41) is 49.5. The first-order valence-electron chi connectivity index (χ1n) is 30.5. The predicted molar refractivity (Wildman–Crippen MR) is 328 cm³/mol. The number of likely N-dealkylation sites (N-methyl/N-ethyl adjacent to an activating group) is 1. The molecular weight excluding hydrogens is 1160 g/mol. The molecule has 2 rings (SSSR count). The monoisotopic (exact) mass is 1260 g/mol. The van der Waals surface area contributed by atoms with Gasteiger partial charge in [0.25, 0.3) is 0 Å². The maximum atomic E-state index is 14.4. The third-order valence-electron chi connectivity index (χ3n) is 16.0. The molecule has 1 saturated heterocycles. The molecule has 11 amide bonds. The van der Waals surface area contributed by atoms with E-state index in [0.29, 0.717) is 19.3 Å². The van der Waals surface area contributed by atoms with Crippen molar-refractivity contribution in [3.05, 3.63) is 35.9 Å². The smallest absolute Gasteiger partial charge is 0.308 e. The SMILES string of the molecule is CC[C@H](C)[C@H](NC(=O)[C@@H](Cc1ccccc1)NC)C(=O)N[C@@H](CO)C(=O)N[C@H](CCC(N)=O)C(=O)N[C@@H](C(=O)N[C@H](C(=O)N[C@@H](CO)C(=O)N[C@H]1C(=O)N[C@@H](C)C(=O)N[C@@H](CCCN=C(N)N)C(=O)N[C@@H]([C@@H](C)CC)CC(=O)O[C@H]1C)[C@@H](C)CC)[C@@H](C)CC. The van der Waals surface area contributed by atoms with Crippen molar-refractivity contribution in [2.24, 2.45) is 45.9 Å². The summed E-state index contributed by atoms with van der Waals surface area (Å²) in [7, 11) is 1.60. The Morgan fingerprint density at radius 1 is 0.618 bits per heavy atom. The van der Waals surface area contributed by atoms with E-state index in [9.17, 15) is 67.7 Å². The van der Waals surface area contributed by atoms with Gasteiger partial charge < -0.3 is 90.6 Å². The lowest BCUT2D eigenvalue weighted by Gasteiger charge is -2.32. The van der Waals surface area contributed by atoms with Crippen molar-refractivity contribution in [3.8, 4) is 0 Å². The molecule has 30 heteroatoms. The lowest BCUT2D eigenvalue weighted by atomic mass is 9.94. The molecule has 1 aliphatic heterocycles. The molecule has 89 heavy (non-hydrogen) atoms. The lowest BCUT2D eigenvalue weighted by Crippen LogP contribution is -2.63. The number of rotatable bonds is 34. The number of carbonyl (C=O) groups is 12. The van der Waals surface area contributed by atoms with Crippen molar-refractivity contribution >= 4 is 76.9 Å². The third-order valence-corrected chi connectivity index (χ3v) is 16.0. The second-order valence-corrected chi connectivity index (χ2v) is 22.8. The van der Waals surface area contributed by atoms with Crippen LogP contribution in [0.4, 0.5) is 0 Å². The highest BCUT2D eigenvalue weighted by atomic mass is 16.5. The summed E-state index contributed by atoms with van der Waals surface area (Å²) >= 11 is 0. The zero-order valence-corrected chi connectivity index (χ0v) is 53.2. The van der Waals surface area contributed by atoms with E-state index in [-0.39, 0.29) is 50.5 Å². The Kier molecular flexibility index (Phi) is 33.9. The van der Waals surface area contributed by atoms with Crippen molar-refractivity contribution in [1.29, 1.82) is 0 Å². The number of guanidine groups is 1. The summed E-state index contributed by atoms with van der Waals surface area (Å²) in [6.45, 7) is 14.5. The fraction of sp³-hybridized carbons (Fsp3) is 0.678. The average molecular weight is 1260 g/mol. The molecule has 1 aromatic rings. The number of hydrogen-bond donors (Lipinski definition) is 16. The number of esters is 1. The quantitative estimate of drug-likeness (QED) is 0.0138. The highest BCUT2D eigenvalue weighted by Crippen LogP contribution is 2.18. The molecule has 1 fully saturated rings. The minimum Gasteiger partial charge on any atom is -0.460 e. The van der Waals surface area contributed by atoms with Gasteiger partial charge in [-0.1, -0.05) is 111 Å². The summed E-state index contributed by atoms with van der Waals surface area (Å²) in [6, 6.07) is -5.79. The zero-order valence-electron chi connectivity index (χ0n) is 53.2. The Morgan fingerprint density at radius 2 is 1.10 bits per heavy atom. The molecule has 1 aromatic carbocycles. The van der Waals surface area contributed by atoms with Crippen LogP contribution in [0.15, 0.2) is 35.3 Å². The lowest BCUT2D eigenvalue weighted by molar-refractivity contribution is -0.154. The number of cyclic esters (lactones) is 1. The van der Waals surface area contributed by atoms with E-state index in [1.807, 2.05) is 37.3 Å². The number of amides is 11. The molecule has 0 aromatic heterocycles. The Morgan fingerprint density at radius 3 is 1.58 bits per heavy atom. The number of primary amides is 1. The van der Waals surface area contributed by atoms with Gasteiger partial charge in [0.2, 0.25) is 65.0 Å². The number of nitrogens with zero attached hydrogens (tertiary/aromatic N) is 1. The molecule has 0 unspecified atom stereocenters. The number of aliphatic imine (C=N–C) groups is 1. The van der Waals surface area contributed by atoms with Crippen LogP contribution in [-0.4, -0.2) is 186 Å². The van der Waals surface area contributed by atoms with Gasteiger partial charge >= 0.3 is 5.97 Å². The number of aliphatic hydroxyl groups is 2. The number of nitrogens with one attached hydrogen (secondary N) is 11. The predicted octanol–water partition coefficient (Wildman–Crippen LogP) is -3.49. The van der Waals surface area contributed by atoms with Crippen LogP contribution < -0.4 is 75.7 Å². The van der Waals surface area contributed by atoms with Crippen molar-refractivity contribution in [2.45, 2.75) is 206 Å². The molecule has 1 aliphatic rings. The second kappa shape index (κ2) is 39.1. The van der Waals surface area contributed by atoms with Gasteiger partial charge in [-0.05, 0) is 75.8 Å². The maximum absolute atomic E-state index is 14.4. The zero-order chi connectivity index (χ0) is 67.2. The minimum atomic E-state index is -1.82. The van der Waals surface area contributed by atoms with Crippen LogP contribution in [0.1, 0.15) is 133 Å². The molecule has 30 nitrogen and oxygen atoms in total. The van der Waals surface area contributed by atoms with E-state index in [0.717, 1.165) is 5.56 Å². The van der Waals surface area contributed by atoms with Gasteiger partial charge in [0, 0.05) is 19.0 Å². The van der Waals surface area contributed by atoms with E-state index in [2.05, 4.69) is 63.5 Å². The van der Waals surface area contributed by atoms with E-state index >= 15 is 0 Å². The van der Waals surface area contributed by atoms with Gasteiger partial charge in [-0.3, -0.25) is 62.5 Å². The largest absolute Gasteiger partial charge is 0.460 e. The molecule has 0 saturated carbocycles. The van der Waals surface area contributed by atoms with E-state index in [1.165, 1.54) is 13.8 Å². The van der Waals surface area contributed by atoms with Crippen LogP contribution in [0.25, 0.3) is 0 Å². The first-order chi connectivity index (χ1) is 42.0. The Hall–Kier alpha value is -7.99. The number of aliphatic hydroxyl groups excluding tert-OH is 2. The van der Waals surface area contributed by atoms with Gasteiger partial charge in [-0.25, -0.2) is 0 Å². The fourth-order valence-corrected chi connectivity index (χ4v) is 9.32. The topological polar surface area (TPSA) is 477 Å². The first kappa shape index (κ1) is 77.1. The normalized spacial score (nSPS) is 21.1. The highest BCUT2D eigenvalue weighted by molar-refractivity contribution is 5.99. The molecule has 500 valence electrons. The third kappa shape index (κ3) is 25.6. The Labute approximate surface area is 520 Å². The van der Waals surface area contributed by atoms with Crippen LogP contribution in [0.3, 0.4) is 0 Å². The summed E-state index contributed by atoms with van der Waals surface area (Å²) in [6.07, 6.45) is -0.620. The standard InChI is InChI=1S/C59H99N15O15/c1-12-30(5)39-27-44(78)89-35(10)48(58(88)65-34(9)49(79)66-37(50(80)68-39)22-19-25-64-59(61)62)74-54(84)42(29-76)70-56(86)46(32(7)14-3)73-57(87)47(33(8)15-4)71-51(81)38(23-24-43(60)77)67-53(83)41(28-75)69-55(85)45(31(6)13-2)72-52(82)40(63-11)26-36-20-17-16-18-21-36/h16-18,20-21,30-35,37-42,45-48,63,75-76H,12-15,19,22-29H2,1-11H3,(H2,60,77)(H,65,88)(H,66,79)(H,67,83)(H,68,80)(H,69,85)(H,70,86)(H,71,81)(H,72,82)(H,73,87)(H,74,84)(H4,61,62,64)/t30-,31-,32-,33-,34-,35-,37-,38+,39+,40+,41-,42-,45-,46-,47+,48+/m0/s1. The molecule has 16 atom stereocenters. The summed E-state index contributed by atoms with van der Waals surface area (Å²) in [5.74, 6) is -12.9. The Bertz CT molecular complexity index is 2580. The van der Waals surface area contributed by atoms with E-state index in [1.54, 1.807) is 55.5 Å². The summed E-state index contributed by atoms with van der Waals surface area (Å²) in [5.41, 5.74) is 17.2. The number of nitrogens with two attached hydrogens (primary N) is 3. The first-order valence-corrected chi connectivity index (χ1v) is 30.5.